The maximum atomic E-state index is 14.2. The molecular formula is C17H23FN2O2. The number of nitrogens with zero attached hydrogens (tertiary/aromatic N) is 1. The molecule has 0 amide bonds. The summed E-state index contributed by atoms with van der Waals surface area (Å²) < 4.78 is 19.6. The van der Waals surface area contributed by atoms with E-state index in [4.69, 9.17) is 10.5 Å². The van der Waals surface area contributed by atoms with E-state index in [0.29, 0.717) is 30.2 Å². The topological polar surface area (TPSA) is 64.7 Å². The fourth-order valence-electron chi connectivity index (χ4n) is 2.72. The Bertz CT molecular complexity index is 598. The zero-order valence-electron chi connectivity index (χ0n) is 13.4. The second-order valence-electron chi connectivity index (χ2n) is 6.50. The lowest BCUT2D eigenvalue weighted by Crippen LogP contribution is -2.38. The van der Waals surface area contributed by atoms with Crippen LogP contribution in [-0.4, -0.2) is 24.8 Å². The Kier molecular flexibility index (Phi) is 4.96. The van der Waals surface area contributed by atoms with E-state index in [9.17, 15) is 9.18 Å². The van der Waals surface area contributed by atoms with Gasteiger partial charge in [-0.05, 0) is 30.5 Å². The lowest BCUT2D eigenvalue weighted by Gasteiger charge is -2.30. The van der Waals surface area contributed by atoms with Crippen LogP contribution in [0.25, 0.3) is 0 Å². The normalized spacial score (nSPS) is 21.8. The number of halogens is 1. The van der Waals surface area contributed by atoms with Crippen molar-refractivity contribution in [3.8, 4) is 0 Å². The monoisotopic (exact) mass is 306 g/mol. The molecule has 0 fully saturated rings. The van der Waals surface area contributed by atoms with Gasteiger partial charge < -0.3 is 10.5 Å². The van der Waals surface area contributed by atoms with Gasteiger partial charge >= 0.3 is 0 Å². The van der Waals surface area contributed by atoms with Crippen LogP contribution < -0.4 is 5.73 Å². The largest absolute Gasteiger partial charge is 0.386 e. The van der Waals surface area contributed by atoms with E-state index >= 15 is 0 Å². The Balaban J connectivity index is 2.27. The van der Waals surface area contributed by atoms with Gasteiger partial charge in [0.05, 0.1) is 6.61 Å². The maximum Gasteiger partial charge on any atom is 0.137 e. The van der Waals surface area contributed by atoms with Crippen LogP contribution in [-0.2, 0) is 21.5 Å². The zero-order chi connectivity index (χ0) is 16.3. The highest BCUT2D eigenvalue weighted by atomic mass is 19.1. The molecule has 0 saturated heterocycles. The van der Waals surface area contributed by atoms with Crippen molar-refractivity contribution in [3.63, 3.8) is 0 Å². The summed E-state index contributed by atoms with van der Waals surface area (Å²) in [5.74, 6) is 0.473. The van der Waals surface area contributed by atoms with E-state index in [1.54, 1.807) is 19.1 Å². The van der Waals surface area contributed by atoms with Crippen molar-refractivity contribution in [1.29, 1.82) is 0 Å². The summed E-state index contributed by atoms with van der Waals surface area (Å²) >= 11 is 0. The number of ether oxygens (including phenoxy) is 1. The van der Waals surface area contributed by atoms with Gasteiger partial charge in [0, 0.05) is 18.4 Å². The standard InChI is InChI=1S/C17H23FN2O2/c1-11(2)6-13(21)7-12-4-5-15(18)14(8-12)17(3)10-22-9-16(19)20-17/h4-5,8,11H,6-7,9-10H2,1-3H3,(H2,19,20)/t17-/m0/s1. The summed E-state index contributed by atoms with van der Waals surface area (Å²) in [5.41, 5.74) is 6.09. The second-order valence-corrected chi connectivity index (χ2v) is 6.50. The van der Waals surface area contributed by atoms with Gasteiger partial charge in [0.2, 0.25) is 0 Å². The fraction of sp³-hybridized carbons (Fsp3) is 0.529. The second kappa shape index (κ2) is 6.57. The molecule has 120 valence electrons. The minimum atomic E-state index is -0.844. The van der Waals surface area contributed by atoms with Crippen molar-refractivity contribution in [2.45, 2.75) is 39.2 Å². The maximum absolute atomic E-state index is 14.2. The number of aliphatic imine (C=N–C) groups is 1. The number of hydrogen-bond donors (Lipinski definition) is 1. The van der Waals surface area contributed by atoms with Gasteiger partial charge in [-0.25, -0.2) is 4.39 Å². The number of ketones is 1. The number of rotatable bonds is 5. The van der Waals surface area contributed by atoms with Gasteiger partial charge in [0.15, 0.2) is 0 Å². The molecule has 0 radical (unpaired) electrons. The lowest BCUT2D eigenvalue weighted by atomic mass is 9.89. The quantitative estimate of drug-likeness (QED) is 0.909. The predicted octanol–water partition coefficient (Wildman–Crippen LogP) is 2.59. The fourth-order valence-corrected chi connectivity index (χ4v) is 2.72. The molecule has 1 aromatic rings. The Morgan fingerprint density at radius 3 is 2.86 bits per heavy atom. The van der Waals surface area contributed by atoms with Crippen molar-refractivity contribution in [1.82, 2.24) is 0 Å². The summed E-state index contributed by atoms with van der Waals surface area (Å²) in [7, 11) is 0. The minimum Gasteiger partial charge on any atom is -0.386 e. The highest BCUT2D eigenvalue weighted by Gasteiger charge is 2.32. The molecule has 1 aliphatic heterocycles. The number of carbonyl (C=O) groups is 1. The van der Waals surface area contributed by atoms with Crippen molar-refractivity contribution in [2.24, 2.45) is 16.6 Å². The summed E-state index contributed by atoms with van der Waals surface area (Å²) in [4.78, 5) is 16.3. The molecule has 4 nitrogen and oxygen atoms in total. The third-order valence-electron chi connectivity index (χ3n) is 3.67. The minimum absolute atomic E-state index is 0.153. The van der Waals surface area contributed by atoms with Gasteiger partial charge in [-0.1, -0.05) is 19.9 Å². The smallest absolute Gasteiger partial charge is 0.137 e. The van der Waals surface area contributed by atoms with Crippen LogP contribution in [0.1, 0.15) is 38.3 Å². The molecule has 5 heteroatoms. The van der Waals surface area contributed by atoms with Crippen molar-refractivity contribution in [3.05, 3.63) is 35.1 Å². The molecule has 2 rings (SSSR count). The van der Waals surface area contributed by atoms with Crippen LogP contribution in [0.5, 0.6) is 0 Å². The lowest BCUT2D eigenvalue weighted by molar-refractivity contribution is -0.119. The van der Waals surface area contributed by atoms with Crippen LogP contribution in [0.4, 0.5) is 4.39 Å². The average Bonchev–Trinajstić information content (AvgIpc) is 2.39. The summed E-state index contributed by atoms with van der Waals surface area (Å²) in [6.07, 6.45) is 0.833. The number of amidine groups is 1. The van der Waals surface area contributed by atoms with Crippen molar-refractivity contribution < 1.29 is 13.9 Å². The highest BCUT2D eigenvalue weighted by Crippen LogP contribution is 2.31. The Morgan fingerprint density at radius 2 is 2.23 bits per heavy atom. The number of benzene rings is 1. The SMILES string of the molecule is CC(C)CC(=O)Cc1ccc(F)c([C@]2(C)COCC(N)=N2)c1. The molecule has 22 heavy (non-hydrogen) atoms. The molecule has 0 bridgehead atoms. The molecule has 0 unspecified atom stereocenters. The summed E-state index contributed by atoms with van der Waals surface area (Å²) in [6, 6.07) is 4.75. The molecule has 1 aliphatic rings. The highest BCUT2D eigenvalue weighted by molar-refractivity contribution is 5.83. The van der Waals surface area contributed by atoms with Crippen LogP contribution in [0, 0.1) is 11.7 Å². The predicted molar refractivity (Wildman–Crippen MR) is 84.4 cm³/mol. The zero-order valence-corrected chi connectivity index (χ0v) is 13.4. The average molecular weight is 306 g/mol. The van der Waals surface area contributed by atoms with Crippen LogP contribution in [0.2, 0.25) is 0 Å². The van der Waals surface area contributed by atoms with E-state index in [1.807, 2.05) is 13.8 Å². The summed E-state index contributed by atoms with van der Waals surface area (Å²) in [6.45, 7) is 6.34. The van der Waals surface area contributed by atoms with Gasteiger partial charge in [-0.3, -0.25) is 9.79 Å². The number of nitrogens with two attached hydrogens (primary N) is 1. The third kappa shape index (κ3) is 3.91. The molecule has 1 heterocycles. The van der Waals surface area contributed by atoms with Gasteiger partial charge in [0.1, 0.15) is 29.6 Å². The molecular weight excluding hydrogens is 283 g/mol. The van der Waals surface area contributed by atoms with E-state index in [2.05, 4.69) is 4.99 Å². The first-order valence-corrected chi connectivity index (χ1v) is 7.53. The molecule has 1 aromatic carbocycles. The van der Waals surface area contributed by atoms with Gasteiger partial charge in [-0.2, -0.15) is 0 Å². The Hall–Kier alpha value is -1.75. The molecule has 0 aliphatic carbocycles. The molecule has 2 N–H and O–H groups in total. The van der Waals surface area contributed by atoms with Crippen molar-refractivity contribution in [2.75, 3.05) is 13.2 Å². The summed E-state index contributed by atoms with van der Waals surface area (Å²) in [5, 5.41) is 0. The van der Waals surface area contributed by atoms with Gasteiger partial charge in [-0.15, -0.1) is 0 Å². The molecule has 0 saturated carbocycles. The van der Waals surface area contributed by atoms with E-state index in [0.717, 1.165) is 5.56 Å². The van der Waals surface area contributed by atoms with Gasteiger partial charge in [0.25, 0.3) is 0 Å². The molecule has 0 aromatic heterocycles. The number of hydrogen-bond acceptors (Lipinski definition) is 4. The van der Waals surface area contributed by atoms with Crippen LogP contribution >= 0.6 is 0 Å². The first kappa shape index (κ1) is 16.6. The van der Waals surface area contributed by atoms with Crippen molar-refractivity contribution >= 4 is 11.6 Å². The molecule has 1 atom stereocenters. The Morgan fingerprint density at radius 1 is 1.50 bits per heavy atom. The molecule has 0 spiro atoms. The van der Waals surface area contributed by atoms with Crippen LogP contribution in [0.15, 0.2) is 23.2 Å². The third-order valence-corrected chi connectivity index (χ3v) is 3.67. The van der Waals surface area contributed by atoms with Crippen LogP contribution in [0.3, 0.4) is 0 Å². The first-order valence-electron chi connectivity index (χ1n) is 7.53. The number of carbonyl (C=O) groups excluding carboxylic acids is 1. The van der Waals surface area contributed by atoms with E-state index in [1.165, 1.54) is 6.07 Å². The van der Waals surface area contributed by atoms with E-state index < -0.39 is 5.54 Å². The number of Topliss-reactive ketones (excluding diaryl/α,β-unsaturated/α-hetero) is 1. The Labute approximate surface area is 130 Å². The van der Waals surface area contributed by atoms with E-state index in [-0.39, 0.29) is 24.8 Å². The first-order chi connectivity index (χ1) is 10.3.